The van der Waals surface area contributed by atoms with E-state index in [-0.39, 0.29) is 23.5 Å². The molecule has 4 nitrogen and oxygen atoms in total. The molecule has 2 N–H and O–H groups in total. The number of nitrogens with zero attached hydrogens (tertiary/aromatic N) is 1. The molecule has 0 saturated carbocycles. The molecule has 2 aliphatic carbocycles. The molecule has 0 radical (unpaired) electrons. The van der Waals surface area contributed by atoms with Crippen molar-refractivity contribution in [2.45, 2.75) is 38.5 Å². The third kappa shape index (κ3) is 2.03. The molecule has 1 heterocycles. The van der Waals surface area contributed by atoms with Gasteiger partial charge in [-0.25, -0.2) is 0 Å². The van der Waals surface area contributed by atoms with Crippen molar-refractivity contribution in [2.75, 3.05) is 0 Å². The van der Waals surface area contributed by atoms with Crippen molar-refractivity contribution in [1.82, 2.24) is 0 Å². The molecule has 0 aromatic heterocycles. The van der Waals surface area contributed by atoms with E-state index in [1.54, 1.807) is 0 Å². The number of rotatable bonds is 1. The van der Waals surface area contributed by atoms with Gasteiger partial charge >= 0.3 is 0 Å². The van der Waals surface area contributed by atoms with Crippen LogP contribution in [-0.2, 0) is 9.53 Å². The maximum Gasteiger partial charge on any atom is 0.204 e. The van der Waals surface area contributed by atoms with Gasteiger partial charge in [-0.15, -0.1) is 0 Å². The van der Waals surface area contributed by atoms with Gasteiger partial charge < -0.3 is 10.5 Å². The zero-order valence-electron chi connectivity index (χ0n) is 11.4. The van der Waals surface area contributed by atoms with Crippen LogP contribution in [0.25, 0.3) is 0 Å². The van der Waals surface area contributed by atoms with Crippen molar-refractivity contribution >= 4 is 5.78 Å². The Morgan fingerprint density at radius 3 is 2.90 bits per heavy atom. The Kier molecular flexibility index (Phi) is 3.35. The van der Waals surface area contributed by atoms with Gasteiger partial charge in [-0.1, -0.05) is 12.2 Å². The number of carbonyl (C=O) groups excluding carboxylic acids is 1. The average molecular weight is 270 g/mol. The second-order valence-corrected chi connectivity index (χ2v) is 5.61. The van der Waals surface area contributed by atoms with Crippen LogP contribution in [0.1, 0.15) is 38.5 Å². The topological polar surface area (TPSA) is 76.1 Å². The molecule has 3 aliphatic rings. The van der Waals surface area contributed by atoms with Crippen LogP contribution in [0.2, 0.25) is 0 Å². The van der Waals surface area contributed by atoms with Gasteiger partial charge in [-0.2, -0.15) is 5.26 Å². The fourth-order valence-corrected chi connectivity index (χ4v) is 3.44. The number of Topliss-reactive ketones (excluding diaryl/α,β-unsaturated/α-hetero) is 1. The molecule has 3 rings (SSSR count). The van der Waals surface area contributed by atoms with Crippen LogP contribution >= 0.6 is 0 Å². The smallest absolute Gasteiger partial charge is 0.204 e. The minimum atomic E-state index is -0.201. The van der Waals surface area contributed by atoms with E-state index in [1.807, 2.05) is 0 Å². The zero-order valence-corrected chi connectivity index (χ0v) is 11.4. The number of hydrogen-bond donors (Lipinski definition) is 1. The van der Waals surface area contributed by atoms with Crippen LogP contribution in [0.4, 0.5) is 0 Å². The zero-order chi connectivity index (χ0) is 14.1. The van der Waals surface area contributed by atoms with E-state index in [9.17, 15) is 10.1 Å². The minimum Gasteiger partial charge on any atom is -0.444 e. The molecular formula is C16H18N2O2. The summed E-state index contributed by atoms with van der Waals surface area (Å²) in [5.41, 5.74) is 7.04. The lowest BCUT2D eigenvalue weighted by Crippen LogP contribution is -2.32. The number of allylic oxidation sites excluding steroid dienone is 5. The summed E-state index contributed by atoms with van der Waals surface area (Å²) in [6.07, 6.45) is 9.53. The Hall–Kier alpha value is -2.02. The maximum absolute atomic E-state index is 12.3. The second-order valence-electron chi connectivity index (χ2n) is 5.61. The molecule has 2 atom stereocenters. The molecule has 0 unspecified atom stereocenters. The van der Waals surface area contributed by atoms with Crippen molar-refractivity contribution in [3.8, 4) is 6.07 Å². The van der Waals surface area contributed by atoms with E-state index >= 15 is 0 Å². The van der Waals surface area contributed by atoms with Crippen molar-refractivity contribution in [1.29, 1.82) is 5.26 Å². The summed E-state index contributed by atoms with van der Waals surface area (Å²) in [7, 11) is 0. The monoisotopic (exact) mass is 270 g/mol. The highest BCUT2D eigenvalue weighted by Crippen LogP contribution is 2.43. The number of hydrogen-bond acceptors (Lipinski definition) is 4. The summed E-state index contributed by atoms with van der Waals surface area (Å²) in [5, 5.41) is 9.41. The Bertz CT molecular complexity index is 578. The first-order valence-electron chi connectivity index (χ1n) is 7.23. The van der Waals surface area contributed by atoms with E-state index in [0.717, 1.165) is 32.1 Å². The lowest BCUT2D eigenvalue weighted by atomic mass is 9.72. The molecule has 20 heavy (non-hydrogen) atoms. The van der Waals surface area contributed by atoms with E-state index in [4.69, 9.17) is 10.5 Å². The van der Waals surface area contributed by atoms with Gasteiger partial charge in [0.15, 0.2) is 5.78 Å². The fraction of sp³-hybridized carbons (Fsp3) is 0.500. The van der Waals surface area contributed by atoms with Crippen molar-refractivity contribution in [3.63, 3.8) is 0 Å². The molecule has 0 amide bonds. The molecule has 0 aromatic rings. The lowest BCUT2D eigenvalue weighted by Gasteiger charge is -2.35. The van der Waals surface area contributed by atoms with Gasteiger partial charge in [0.1, 0.15) is 11.8 Å². The first kappa shape index (κ1) is 13.0. The molecular weight excluding hydrogens is 252 g/mol. The highest BCUT2D eigenvalue weighted by Gasteiger charge is 2.40. The summed E-state index contributed by atoms with van der Waals surface area (Å²) in [4.78, 5) is 12.3. The molecule has 0 spiro atoms. The lowest BCUT2D eigenvalue weighted by molar-refractivity contribution is -0.117. The van der Waals surface area contributed by atoms with Crippen LogP contribution in [0, 0.1) is 23.2 Å². The minimum absolute atomic E-state index is 0.121. The summed E-state index contributed by atoms with van der Waals surface area (Å²) >= 11 is 0. The fourth-order valence-electron chi connectivity index (χ4n) is 3.44. The van der Waals surface area contributed by atoms with Crippen LogP contribution in [-0.4, -0.2) is 5.78 Å². The summed E-state index contributed by atoms with van der Waals surface area (Å²) in [5.74, 6) is 0.989. The Balaban J connectivity index is 2.07. The van der Waals surface area contributed by atoms with E-state index in [0.29, 0.717) is 23.3 Å². The second kappa shape index (κ2) is 5.16. The number of carbonyl (C=O) groups is 1. The Morgan fingerprint density at radius 1 is 1.35 bits per heavy atom. The Labute approximate surface area is 118 Å². The van der Waals surface area contributed by atoms with Gasteiger partial charge in [-0.3, -0.25) is 4.79 Å². The summed E-state index contributed by atoms with van der Waals surface area (Å²) in [6, 6.07) is 2.16. The molecule has 0 saturated heterocycles. The van der Waals surface area contributed by atoms with Crippen molar-refractivity contribution in [3.05, 3.63) is 34.9 Å². The van der Waals surface area contributed by atoms with E-state index in [2.05, 4.69) is 18.2 Å². The molecule has 4 heteroatoms. The van der Waals surface area contributed by atoms with Crippen molar-refractivity contribution < 1.29 is 9.53 Å². The maximum atomic E-state index is 12.3. The van der Waals surface area contributed by atoms with Gasteiger partial charge in [0, 0.05) is 24.3 Å². The number of ketones is 1. The molecule has 0 bridgehead atoms. The largest absolute Gasteiger partial charge is 0.444 e. The summed E-state index contributed by atoms with van der Waals surface area (Å²) in [6.45, 7) is 0. The first-order chi connectivity index (χ1) is 9.72. The first-order valence-corrected chi connectivity index (χ1v) is 7.23. The van der Waals surface area contributed by atoms with E-state index < -0.39 is 0 Å². The molecule has 104 valence electrons. The van der Waals surface area contributed by atoms with Crippen LogP contribution < -0.4 is 5.73 Å². The summed E-state index contributed by atoms with van der Waals surface area (Å²) < 4.78 is 5.55. The predicted octanol–water partition coefficient (Wildman–Crippen LogP) is 2.69. The van der Waals surface area contributed by atoms with Crippen LogP contribution in [0.15, 0.2) is 34.9 Å². The van der Waals surface area contributed by atoms with Crippen LogP contribution in [0.3, 0.4) is 0 Å². The average Bonchev–Trinajstić information content (AvgIpc) is 2.47. The molecule has 1 aliphatic heterocycles. The molecule has 0 fully saturated rings. The quantitative estimate of drug-likeness (QED) is 0.743. The normalized spacial score (nSPS) is 29.9. The van der Waals surface area contributed by atoms with Gasteiger partial charge in [0.05, 0.1) is 5.57 Å². The Morgan fingerprint density at radius 2 is 2.20 bits per heavy atom. The standard InChI is InChI=1S/C16H18N2O2/c17-9-11-14(10-5-2-1-3-6-10)15-12(19)7-4-8-13(15)20-16(11)18/h2,5,10,14H,1,3-4,6-8,18H2/t10-,14+/m0/s1. The number of nitriles is 1. The number of ether oxygens (including phenoxy) is 1. The molecule has 0 aromatic carbocycles. The third-order valence-corrected chi connectivity index (χ3v) is 4.37. The predicted molar refractivity (Wildman–Crippen MR) is 73.8 cm³/mol. The van der Waals surface area contributed by atoms with E-state index in [1.165, 1.54) is 0 Å². The highest BCUT2D eigenvalue weighted by molar-refractivity contribution is 5.98. The van der Waals surface area contributed by atoms with Crippen molar-refractivity contribution in [2.24, 2.45) is 17.6 Å². The van der Waals surface area contributed by atoms with Gasteiger partial charge in [0.25, 0.3) is 0 Å². The van der Waals surface area contributed by atoms with Gasteiger partial charge in [0.2, 0.25) is 5.88 Å². The SMILES string of the molecule is N#CC1=C(N)OC2=C(C(=O)CCC2)[C@@H]1[C@H]1C=CCCC1. The highest BCUT2D eigenvalue weighted by atomic mass is 16.5. The van der Waals surface area contributed by atoms with Gasteiger partial charge in [-0.05, 0) is 31.6 Å². The third-order valence-electron chi connectivity index (χ3n) is 4.37. The van der Waals surface area contributed by atoms with Crippen LogP contribution in [0.5, 0.6) is 0 Å². The number of nitrogens with two attached hydrogens (primary N) is 1.